The molecule has 0 bridgehead atoms. The van der Waals surface area contributed by atoms with Gasteiger partial charge in [0, 0.05) is 38.4 Å². The van der Waals surface area contributed by atoms with Crippen molar-refractivity contribution in [2.45, 2.75) is 32.7 Å². The van der Waals surface area contributed by atoms with E-state index in [0.29, 0.717) is 19.5 Å². The Morgan fingerprint density at radius 1 is 1.40 bits per heavy atom. The Morgan fingerprint density at radius 2 is 2.20 bits per heavy atom. The van der Waals surface area contributed by atoms with E-state index in [0.717, 1.165) is 13.0 Å². The predicted octanol–water partition coefficient (Wildman–Crippen LogP) is 1.07. The average molecular weight is 282 g/mol. The van der Waals surface area contributed by atoms with Crippen LogP contribution in [0, 0.1) is 5.92 Å². The highest BCUT2D eigenvalue weighted by atomic mass is 16.4. The first-order valence-electron chi connectivity index (χ1n) is 6.79. The number of aromatic nitrogens is 2. The first-order chi connectivity index (χ1) is 9.58. The number of aryl methyl sites for hydroxylation is 1. The van der Waals surface area contributed by atoms with Crippen LogP contribution in [0.15, 0.2) is 18.5 Å². The minimum Gasteiger partial charge on any atom is -0.481 e. The van der Waals surface area contributed by atoms with Gasteiger partial charge in [0.2, 0.25) is 0 Å². The molecule has 2 amide bonds. The normalized spacial score (nSPS) is 11.8. The van der Waals surface area contributed by atoms with Crippen LogP contribution >= 0.6 is 0 Å². The minimum absolute atomic E-state index is 0.133. The molecular formula is C13H22N4O3. The van der Waals surface area contributed by atoms with Crippen LogP contribution in [0.25, 0.3) is 0 Å². The van der Waals surface area contributed by atoms with E-state index in [9.17, 15) is 9.59 Å². The number of urea groups is 1. The molecule has 0 aromatic carbocycles. The van der Waals surface area contributed by atoms with E-state index in [4.69, 9.17) is 5.11 Å². The summed E-state index contributed by atoms with van der Waals surface area (Å²) in [6.07, 6.45) is 5.11. The summed E-state index contributed by atoms with van der Waals surface area (Å²) in [5.41, 5.74) is 0. The molecule has 3 N–H and O–H groups in total. The van der Waals surface area contributed by atoms with Crippen LogP contribution in [0.3, 0.4) is 0 Å². The molecule has 0 saturated heterocycles. The molecule has 0 radical (unpaired) electrons. The third-order valence-electron chi connectivity index (χ3n) is 2.87. The summed E-state index contributed by atoms with van der Waals surface area (Å²) in [5, 5.41) is 18.1. The summed E-state index contributed by atoms with van der Waals surface area (Å²) < 4.78 is 1.81. The van der Waals surface area contributed by atoms with Gasteiger partial charge in [0.15, 0.2) is 0 Å². The molecule has 0 saturated carbocycles. The lowest BCUT2D eigenvalue weighted by Gasteiger charge is -2.12. The van der Waals surface area contributed by atoms with Crippen molar-refractivity contribution in [1.29, 1.82) is 0 Å². The van der Waals surface area contributed by atoms with Gasteiger partial charge in [-0.1, -0.05) is 6.92 Å². The molecule has 7 nitrogen and oxygen atoms in total. The average Bonchev–Trinajstić information content (AvgIpc) is 2.92. The van der Waals surface area contributed by atoms with E-state index in [1.165, 1.54) is 0 Å². The van der Waals surface area contributed by atoms with E-state index in [1.54, 1.807) is 6.20 Å². The van der Waals surface area contributed by atoms with E-state index in [1.807, 2.05) is 23.9 Å². The van der Waals surface area contributed by atoms with Crippen molar-refractivity contribution < 1.29 is 14.7 Å². The molecular weight excluding hydrogens is 260 g/mol. The standard InChI is InChI=1S/C13H22N4O3/c1-11(4-5-12(18)19)10-15-13(20)14-6-2-8-17-9-3-7-16-17/h3,7,9,11H,2,4-6,8,10H2,1H3,(H,18,19)(H2,14,15,20). The topological polar surface area (TPSA) is 96.3 Å². The predicted molar refractivity (Wildman–Crippen MR) is 74.3 cm³/mol. The molecule has 0 spiro atoms. The number of rotatable bonds is 9. The van der Waals surface area contributed by atoms with Crippen LogP contribution in [-0.2, 0) is 11.3 Å². The van der Waals surface area contributed by atoms with Gasteiger partial charge in [-0.15, -0.1) is 0 Å². The van der Waals surface area contributed by atoms with Crippen molar-refractivity contribution >= 4 is 12.0 Å². The van der Waals surface area contributed by atoms with Gasteiger partial charge in [-0.25, -0.2) is 4.79 Å². The zero-order valence-corrected chi connectivity index (χ0v) is 11.7. The van der Waals surface area contributed by atoms with Crippen molar-refractivity contribution in [2.24, 2.45) is 5.92 Å². The number of nitrogens with one attached hydrogen (secondary N) is 2. The number of carbonyl (C=O) groups excluding carboxylic acids is 1. The second-order valence-corrected chi connectivity index (χ2v) is 4.80. The Morgan fingerprint density at radius 3 is 2.85 bits per heavy atom. The second kappa shape index (κ2) is 8.95. The van der Waals surface area contributed by atoms with Crippen molar-refractivity contribution in [3.8, 4) is 0 Å². The van der Waals surface area contributed by atoms with E-state index >= 15 is 0 Å². The fourth-order valence-corrected chi connectivity index (χ4v) is 1.68. The summed E-state index contributed by atoms with van der Waals surface area (Å²) in [6, 6.07) is 1.64. The lowest BCUT2D eigenvalue weighted by Crippen LogP contribution is -2.38. The number of nitrogens with zero attached hydrogens (tertiary/aromatic N) is 2. The van der Waals surface area contributed by atoms with Crippen LogP contribution in [0.5, 0.6) is 0 Å². The summed E-state index contributed by atoms with van der Waals surface area (Å²) in [7, 11) is 0. The van der Waals surface area contributed by atoms with Crippen LogP contribution < -0.4 is 10.6 Å². The van der Waals surface area contributed by atoms with E-state index in [2.05, 4.69) is 15.7 Å². The van der Waals surface area contributed by atoms with Gasteiger partial charge < -0.3 is 15.7 Å². The molecule has 112 valence electrons. The summed E-state index contributed by atoms with van der Waals surface area (Å²) in [4.78, 5) is 21.9. The number of aliphatic carboxylic acids is 1. The smallest absolute Gasteiger partial charge is 0.314 e. The summed E-state index contributed by atoms with van der Waals surface area (Å²) in [6.45, 7) is 3.75. The Hall–Kier alpha value is -2.05. The van der Waals surface area contributed by atoms with Gasteiger partial charge in [-0.3, -0.25) is 9.48 Å². The molecule has 0 aliphatic rings. The van der Waals surface area contributed by atoms with Gasteiger partial charge in [-0.2, -0.15) is 5.10 Å². The molecule has 20 heavy (non-hydrogen) atoms. The van der Waals surface area contributed by atoms with Crippen molar-refractivity contribution in [2.75, 3.05) is 13.1 Å². The Kier molecular flexibility index (Phi) is 7.16. The zero-order chi connectivity index (χ0) is 14.8. The van der Waals surface area contributed by atoms with Gasteiger partial charge in [-0.05, 0) is 24.8 Å². The molecule has 1 rings (SSSR count). The number of carbonyl (C=O) groups is 2. The number of carboxylic acid groups (broad SMARTS) is 1. The molecule has 1 unspecified atom stereocenters. The SMILES string of the molecule is CC(CCC(=O)O)CNC(=O)NCCCn1cccn1. The second-order valence-electron chi connectivity index (χ2n) is 4.80. The van der Waals surface area contributed by atoms with E-state index < -0.39 is 5.97 Å². The summed E-state index contributed by atoms with van der Waals surface area (Å²) in [5.74, 6) is -0.652. The molecule has 0 fully saturated rings. The number of hydrogen-bond donors (Lipinski definition) is 3. The molecule has 7 heteroatoms. The van der Waals surface area contributed by atoms with Gasteiger partial charge in [0.05, 0.1) is 0 Å². The summed E-state index contributed by atoms with van der Waals surface area (Å²) >= 11 is 0. The largest absolute Gasteiger partial charge is 0.481 e. The van der Waals surface area contributed by atoms with Crippen LogP contribution in [-0.4, -0.2) is 40.0 Å². The molecule has 0 aliphatic heterocycles. The Labute approximate surface area is 118 Å². The van der Waals surface area contributed by atoms with Crippen LogP contribution in [0.4, 0.5) is 4.79 Å². The number of carboxylic acids is 1. The first-order valence-corrected chi connectivity index (χ1v) is 6.79. The molecule has 1 heterocycles. The lowest BCUT2D eigenvalue weighted by atomic mass is 10.1. The third kappa shape index (κ3) is 7.40. The molecule has 1 atom stereocenters. The van der Waals surface area contributed by atoms with Crippen molar-refractivity contribution in [1.82, 2.24) is 20.4 Å². The molecule has 1 aromatic rings. The Bertz CT molecular complexity index is 406. The van der Waals surface area contributed by atoms with Crippen molar-refractivity contribution in [3.05, 3.63) is 18.5 Å². The highest BCUT2D eigenvalue weighted by Gasteiger charge is 2.07. The van der Waals surface area contributed by atoms with Crippen LogP contribution in [0.2, 0.25) is 0 Å². The zero-order valence-electron chi connectivity index (χ0n) is 11.7. The third-order valence-corrected chi connectivity index (χ3v) is 2.87. The first kappa shape index (κ1) is 16.0. The number of amides is 2. The maximum atomic E-state index is 11.5. The highest BCUT2D eigenvalue weighted by molar-refractivity contribution is 5.73. The minimum atomic E-state index is -0.806. The Balaban J connectivity index is 2.01. The van der Waals surface area contributed by atoms with Gasteiger partial charge >= 0.3 is 12.0 Å². The number of hydrogen-bond acceptors (Lipinski definition) is 3. The van der Waals surface area contributed by atoms with Crippen molar-refractivity contribution in [3.63, 3.8) is 0 Å². The van der Waals surface area contributed by atoms with E-state index in [-0.39, 0.29) is 18.4 Å². The fraction of sp³-hybridized carbons (Fsp3) is 0.615. The van der Waals surface area contributed by atoms with Crippen LogP contribution in [0.1, 0.15) is 26.2 Å². The van der Waals surface area contributed by atoms with Gasteiger partial charge in [0.25, 0.3) is 0 Å². The molecule has 0 aliphatic carbocycles. The van der Waals surface area contributed by atoms with Gasteiger partial charge in [0.1, 0.15) is 0 Å². The maximum Gasteiger partial charge on any atom is 0.314 e. The lowest BCUT2D eigenvalue weighted by molar-refractivity contribution is -0.137. The highest BCUT2D eigenvalue weighted by Crippen LogP contribution is 2.03. The monoisotopic (exact) mass is 282 g/mol. The maximum absolute atomic E-state index is 11.5. The quantitative estimate of drug-likeness (QED) is 0.590. The fourth-order valence-electron chi connectivity index (χ4n) is 1.68. The molecule has 1 aromatic heterocycles.